The van der Waals surface area contributed by atoms with Gasteiger partial charge < -0.3 is 14.6 Å². The Hall–Kier alpha value is -0.860. The van der Waals surface area contributed by atoms with Crippen molar-refractivity contribution < 1.29 is 14.6 Å². The third-order valence-corrected chi connectivity index (χ3v) is 3.50. The molecule has 1 atom stereocenters. The second-order valence-electron chi connectivity index (χ2n) is 3.87. The molecule has 1 saturated heterocycles. The molecule has 1 N–H and O–H groups in total. The van der Waals surface area contributed by atoms with Crippen LogP contribution in [0.5, 0.6) is 0 Å². The Balaban J connectivity index is 1.79. The smallest absolute Gasteiger partial charge is 0.104 e. The van der Waals surface area contributed by atoms with Crippen LogP contribution in [0.3, 0.4) is 0 Å². The van der Waals surface area contributed by atoms with Gasteiger partial charge in [-0.25, -0.2) is 0 Å². The van der Waals surface area contributed by atoms with Crippen molar-refractivity contribution in [2.45, 2.75) is 25.6 Å². The van der Waals surface area contributed by atoms with E-state index in [0.717, 1.165) is 29.9 Å². The average Bonchev–Trinajstić information content (AvgIpc) is 2.98. The number of ether oxygens (including phenoxy) is 2. The van der Waals surface area contributed by atoms with Gasteiger partial charge in [0.2, 0.25) is 0 Å². The summed E-state index contributed by atoms with van der Waals surface area (Å²) in [5.74, 6) is 5.58. The third kappa shape index (κ3) is 3.83. The predicted octanol–water partition coefficient (Wildman–Crippen LogP) is 1.79. The highest BCUT2D eigenvalue weighted by Gasteiger charge is 2.15. The van der Waals surface area contributed by atoms with E-state index in [1.165, 1.54) is 0 Å². The molecule has 0 bridgehead atoms. The molecule has 2 heterocycles. The van der Waals surface area contributed by atoms with Crippen LogP contribution in [-0.2, 0) is 16.1 Å². The van der Waals surface area contributed by atoms with E-state index in [1.807, 2.05) is 11.4 Å². The Morgan fingerprint density at radius 3 is 3.29 bits per heavy atom. The molecule has 4 heteroatoms. The molecule has 0 aromatic carbocycles. The van der Waals surface area contributed by atoms with E-state index in [9.17, 15) is 0 Å². The minimum atomic E-state index is -0.105. The summed E-state index contributed by atoms with van der Waals surface area (Å²) in [6.07, 6.45) is 2.50. The molecular formula is C13H16O3S. The van der Waals surface area contributed by atoms with Crippen LogP contribution in [0.15, 0.2) is 11.4 Å². The summed E-state index contributed by atoms with van der Waals surface area (Å²) in [7, 11) is 0. The molecule has 1 aromatic rings. The Morgan fingerprint density at radius 1 is 1.59 bits per heavy atom. The zero-order chi connectivity index (χ0) is 11.9. The number of aliphatic hydroxyl groups excluding tert-OH is 1. The lowest BCUT2D eigenvalue weighted by atomic mass is 10.2. The summed E-state index contributed by atoms with van der Waals surface area (Å²) in [6.45, 7) is 1.99. The molecular weight excluding hydrogens is 236 g/mol. The van der Waals surface area contributed by atoms with Crippen molar-refractivity contribution in [1.29, 1.82) is 0 Å². The standard InChI is InChI=1S/C13H16O3S/c14-6-1-3-11-5-8-17-13(11)10-15-9-12-4-2-7-16-12/h5,8,12,14H,2,4,6-7,9-10H2. The maximum atomic E-state index is 8.66. The van der Waals surface area contributed by atoms with Gasteiger partial charge in [-0.3, -0.25) is 0 Å². The summed E-state index contributed by atoms with van der Waals surface area (Å²) in [6, 6.07) is 1.96. The summed E-state index contributed by atoms with van der Waals surface area (Å²) < 4.78 is 11.1. The van der Waals surface area contributed by atoms with Crippen LogP contribution >= 0.6 is 11.3 Å². The molecule has 1 aliphatic rings. The normalized spacial score (nSPS) is 19.0. The van der Waals surface area contributed by atoms with E-state index in [0.29, 0.717) is 13.2 Å². The molecule has 1 unspecified atom stereocenters. The Labute approximate surface area is 105 Å². The van der Waals surface area contributed by atoms with Crippen molar-refractivity contribution in [3.05, 3.63) is 21.9 Å². The number of aliphatic hydroxyl groups is 1. The van der Waals surface area contributed by atoms with Gasteiger partial charge in [0, 0.05) is 17.0 Å². The van der Waals surface area contributed by atoms with Crippen molar-refractivity contribution in [3.63, 3.8) is 0 Å². The van der Waals surface area contributed by atoms with Gasteiger partial charge in [-0.1, -0.05) is 11.8 Å². The first kappa shape index (κ1) is 12.6. The van der Waals surface area contributed by atoms with E-state index in [-0.39, 0.29) is 12.7 Å². The number of hydrogen-bond donors (Lipinski definition) is 1. The minimum absolute atomic E-state index is 0.105. The number of rotatable bonds is 4. The van der Waals surface area contributed by atoms with Gasteiger partial charge in [-0.15, -0.1) is 11.3 Å². The quantitative estimate of drug-likeness (QED) is 0.830. The average molecular weight is 252 g/mol. The van der Waals surface area contributed by atoms with Crippen LogP contribution in [0.25, 0.3) is 0 Å². The number of hydrogen-bond acceptors (Lipinski definition) is 4. The first-order chi connectivity index (χ1) is 8.40. The fourth-order valence-electron chi connectivity index (χ4n) is 1.76. The fourth-order valence-corrected chi connectivity index (χ4v) is 2.52. The van der Waals surface area contributed by atoms with Crippen LogP contribution in [0.1, 0.15) is 23.3 Å². The maximum Gasteiger partial charge on any atom is 0.104 e. The molecule has 0 amide bonds. The van der Waals surface area contributed by atoms with Gasteiger partial charge in [0.05, 0.1) is 19.3 Å². The first-order valence-corrected chi connectivity index (χ1v) is 6.63. The molecule has 92 valence electrons. The molecule has 0 spiro atoms. The predicted molar refractivity (Wildman–Crippen MR) is 66.9 cm³/mol. The zero-order valence-electron chi connectivity index (χ0n) is 9.65. The topological polar surface area (TPSA) is 38.7 Å². The molecule has 0 radical (unpaired) electrons. The molecule has 0 aliphatic carbocycles. The second-order valence-corrected chi connectivity index (χ2v) is 4.87. The maximum absolute atomic E-state index is 8.66. The Bertz CT molecular complexity index is 396. The first-order valence-electron chi connectivity index (χ1n) is 5.75. The van der Waals surface area contributed by atoms with E-state index >= 15 is 0 Å². The molecule has 3 nitrogen and oxygen atoms in total. The van der Waals surface area contributed by atoms with Gasteiger partial charge in [-0.05, 0) is 24.3 Å². The van der Waals surface area contributed by atoms with Crippen LogP contribution in [0, 0.1) is 11.8 Å². The minimum Gasteiger partial charge on any atom is -0.384 e. The lowest BCUT2D eigenvalue weighted by Gasteiger charge is -2.09. The molecule has 1 fully saturated rings. The highest BCUT2D eigenvalue weighted by molar-refractivity contribution is 7.10. The van der Waals surface area contributed by atoms with Crippen LogP contribution in [0.2, 0.25) is 0 Å². The van der Waals surface area contributed by atoms with Gasteiger partial charge in [-0.2, -0.15) is 0 Å². The summed E-state index contributed by atoms with van der Waals surface area (Å²) in [5, 5.41) is 10.6. The molecule has 1 aromatic heterocycles. The van der Waals surface area contributed by atoms with Gasteiger partial charge in [0.15, 0.2) is 0 Å². The van der Waals surface area contributed by atoms with Gasteiger partial charge in [0.1, 0.15) is 6.61 Å². The van der Waals surface area contributed by atoms with E-state index in [1.54, 1.807) is 11.3 Å². The van der Waals surface area contributed by atoms with E-state index in [4.69, 9.17) is 14.6 Å². The monoisotopic (exact) mass is 252 g/mol. The second kappa shape index (κ2) is 6.77. The van der Waals surface area contributed by atoms with E-state index < -0.39 is 0 Å². The summed E-state index contributed by atoms with van der Waals surface area (Å²) in [5.41, 5.74) is 0.955. The van der Waals surface area contributed by atoms with Crippen molar-refractivity contribution in [1.82, 2.24) is 0 Å². The van der Waals surface area contributed by atoms with Crippen molar-refractivity contribution in [3.8, 4) is 11.8 Å². The Morgan fingerprint density at radius 2 is 2.53 bits per heavy atom. The lowest BCUT2D eigenvalue weighted by Crippen LogP contribution is -2.13. The van der Waals surface area contributed by atoms with Crippen molar-refractivity contribution in [2.75, 3.05) is 19.8 Å². The van der Waals surface area contributed by atoms with Crippen LogP contribution in [-0.4, -0.2) is 31.0 Å². The lowest BCUT2D eigenvalue weighted by molar-refractivity contribution is 0.0113. The van der Waals surface area contributed by atoms with Crippen LogP contribution < -0.4 is 0 Å². The summed E-state index contributed by atoms with van der Waals surface area (Å²) in [4.78, 5) is 1.11. The molecule has 17 heavy (non-hydrogen) atoms. The van der Waals surface area contributed by atoms with Crippen LogP contribution in [0.4, 0.5) is 0 Å². The molecule has 1 aliphatic heterocycles. The molecule has 2 rings (SSSR count). The van der Waals surface area contributed by atoms with Gasteiger partial charge >= 0.3 is 0 Å². The summed E-state index contributed by atoms with van der Waals surface area (Å²) >= 11 is 1.63. The van der Waals surface area contributed by atoms with Crippen molar-refractivity contribution >= 4 is 11.3 Å². The zero-order valence-corrected chi connectivity index (χ0v) is 10.5. The van der Waals surface area contributed by atoms with Gasteiger partial charge in [0.25, 0.3) is 0 Å². The van der Waals surface area contributed by atoms with E-state index in [2.05, 4.69) is 11.8 Å². The fraction of sp³-hybridized carbons (Fsp3) is 0.538. The Kier molecular flexibility index (Phi) is 5.02. The highest BCUT2D eigenvalue weighted by Crippen LogP contribution is 2.18. The SMILES string of the molecule is OCC#Cc1ccsc1COCC1CCCO1. The molecule has 0 saturated carbocycles. The largest absolute Gasteiger partial charge is 0.384 e. The highest BCUT2D eigenvalue weighted by atomic mass is 32.1. The van der Waals surface area contributed by atoms with Crippen molar-refractivity contribution in [2.24, 2.45) is 0 Å². The third-order valence-electron chi connectivity index (χ3n) is 2.61. The number of thiophene rings is 1.